The van der Waals surface area contributed by atoms with Crippen molar-refractivity contribution in [1.29, 1.82) is 0 Å². The maximum absolute atomic E-state index is 5.46. The smallest absolute Gasteiger partial charge is 0.225 e. The van der Waals surface area contributed by atoms with E-state index in [0.717, 1.165) is 25.6 Å². The number of ether oxygens (including phenoxy) is 1. The van der Waals surface area contributed by atoms with Crippen LogP contribution >= 0.6 is 12.2 Å². The minimum Gasteiger partial charge on any atom is -0.375 e. The van der Waals surface area contributed by atoms with Gasteiger partial charge in [-0.15, -0.1) is 5.10 Å². The Bertz CT molecular complexity index is 372. The minimum absolute atomic E-state index is 0.258. The number of rotatable bonds is 1. The molecule has 78 valence electrons. The lowest BCUT2D eigenvalue weighted by Crippen LogP contribution is -2.42. The molecule has 1 fully saturated rings. The summed E-state index contributed by atoms with van der Waals surface area (Å²) in [6.45, 7) is 4.56. The molecule has 1 aromatic heterocycles. The summed E-state index contributed by atoms with van der Waals surface area (Å²) >= 11 is 5.06. The molecule has 14 heavy (non-hydrogen) atoms. The molecule has 1 saturated heterocycles. The summed E-state index contributed by atoms with van der Waals surface area (Å²) in [7, 11) is 1.92. The van der Waals surface area contributed by atoms with Gasteiger partial charge < -0.3 is 9.64 Å². The first-order valence-corrected chi connectivity index (χ1v) is 5.07. The summed E-state index contributed by atoms with van der Waals surface area (Å²) in [6, 6.07) is 0. The summed E-state index contributed by atoms with van der Waals surface area (Å²) < 4.78 is 8.00. The fourth-order valence-corrected chi connectivity index (χ4v) is 1.75. The van der Waals surface area contributed by atoms with Crippen LogP contribution in [0.25, 0.3) is 0 Å². The molecule has 1 unspecified atom stereocenters. The van der Waals surface area contributed by atoms with Crippen LogP contribution in [0.3, 0.4) is 0 Å². The largest absolute Gasteiger partial charge is 0.375 e. The van der Waals surface area contributed by atoms with Crippen LogP contribution in [-0.2, 0) is 11.8 Å². The number of aromatic nitrogens is 3. The zero-order valence-corrected chi connectivity index (χ0v) is 9.17. The number of hydrogen-bond donors (Lipinski definition) is 1. The van der Waals surface area contributed by atoms with E-state index in [2.05, 4.69) is 22.0 Å². The molecular weight excluding hydrogens is 200 g/mol. The van der Waals surface area contributed by atoms with Crippen LogP contribution in [0.4, 0.5) is 5.95 Å². The van der Waals surface area contributed by atoms with Gasteiger partial charge in [0.15, 0.2) is 4.77 Å². The van der Waals surface area contributed by atoms with Crippen molar-refractivity contribution in [3.63, 3.8) is 0 Å². The van der Waals surface area contributed by atoms with Gasteiger partial charge in [0.25, 0.3) is 0 Å². The number of morpholine rings is 1. The van der Waals surface area contributed by atoms with Crippen LogP contribution in [0.15, 0.2) is 0 Å². The van der Waals surface area contributed by atoms with E-state index in [9.17, 15) is 0 Å². The minimum atomic E-state index is 0.258. The van der Waals surface area contributed by atoms with E-state index in [1.54, 1.807) is 0 Å². The molecule has 2 rings (SSSR count). The summed E-state index contributed by atoms with van der Waals surface area (Å²) in [5.74, 6) is 0.894. The Morgan fingerprint density at radius 3 is 3.00 bits per heavy atom. The Hall–Kier alpha value is -0.880. The third kappa shape index (κ3) is 1.67. The summed E-state index contributed by atoms with van der Waals surface area (Å²) in [6.07, 6.45) is 0.258. The van der Waals surface area contributed by atoms with Crippen LogP contribution in [0.5, 0.6) is 0 Å². The van der Waals surface area contributed by atoms with E-state index >= 15 is 0 Å². The summed E-state index contributed by atoms with van der Waals surface area (Å²) in [4.78, 5) is 2.18. The summed E-state index contributed by atoms with van der Waals surface area (Å²) in [5.41, 5.74) is 0. The van der Waals surface area contributed by atoms with Gasteiger partial charge in [-0.05, 0) is 19.1 Å². The molecule has 1 aliphatic rings. The maximum atomic E-state index is 5.46. The SMILES string of the molecule is CC1CN(c2n[nH]c(=S)n2C)CCO1. The summed E-state index contributed by atoms with van der Waals surface area (Å²) in [5, 5.41) is 6.97. The Morgan fingerprint density at radius 1 is 1.64 bits per heavy atom. The van der Waals surface area contributed by atoms with Crippen molar-refractivity contribution in [3.8, 4) is 0 Å². The fraction of sp³-hybridized carbons (Fsp3) is 0.750. The molecule has 1 aromatic rings. The molecule has 5 nitrogen and oxygen atoms in total. The molecule has 1 N–H and O–H groups in total. The van der Waals surface area contributed by atoms with Crippen molar-refractivity contribution in [3.05, 3.63) is 4.77 Å². The highest BCUT2D eigenvalue weighted by Gasteiger charge is 2.20. The molecule has 6 heteroatoms. The second-order valence-electron chi connectivity index (χ2n) is 3.52. The molecule has 0 spiro atoms. The van der Waals surface area contributed by atoms with E-state index in [0.29, 0.717) is 4.77 Å². The lowest BCUT2D eigenvalue weighted by molar-refractivity contribution is 0.0524. The second kappa shape index (κ2) is 3.70. The van der Waals surface area contributed by atoms with Crippen molar-refractivity contribution in [1.82, 2.24) is 14.8 Å². The normalized spacial score (nSPS) is 22.7. The number of nitrogens with zero attached hydrogens (tertiary/aromatic N) is 3. The van der Waals surface area contributed by atoms with Gasteiger partial charge in [0.05, 0.1) is 12.7 Å². The van der Waals surface area contributed by atoms with Crippen molar-refractivity contribution < 1.29 is 4.74 Å². The molecule has 0 saturated carbocycles. The monoisotopic (exact) mass is 214 g/mol. The fourth-order valence-electron chi connectivity index (χ4n) is 1.62. The Morgan fingerprint density at radius 2 is 2.43 bits per heavy atom. The third-order valence-corrected chi connectivity index (χ3v) is 2.75. The van der Waals surface area contributed by atoms with Crippen LogP contribution < -0.4 is 4.90 Å². The first-order valence-electron chi connectivity index (χ1n) is 4.66. The third-order valence-electron chi connectivity index (χ3n) is 2.38. The highest BCUT2D eigenvalue weighted by atomic mass is 32.1. The zero-order chi connectivity index (χ0) is 10.1. The topological polar surface area (TPSA) is 46.1 Å². The van der Waals surface area contributed by atoms with Crippen molar-refractivity contribution in [2.45, 2.75) is 13.0 Å². The standard InChI is InChI=1S/C8H14N4OS/c1-6-5-12(3-4-13-6)7-9-10-8(14)11(7)2/h6H,3-5H2,1-2H3,(H,10,14). The molecule has 0 aromatic carbocycles. The average Bonchev–Trinajstić information content (AvgIpc) is 2.48. The van der Waals surface area contributed by atoms with E-state index in [-0.39, 0.29) is 6.10 Å². The van der Waals surface area contributed by atoms with Crippen LogP contribution in [0, 0.1) is 4.77 Å². The molecule has 0 bridgehead atoms. The van der Waals surface area contributed by atoms with Crippen molar-refractivity contribution in [2.24, 2.45) is 7.05 Å². The predicted molar refractivity (Wildman–Crippen MR) is 56.0 cm³/mol. The zero-order valence-electron chi connectivity index (χ0n) is 8.36. The molecular formula is C8H14N4OS. The highest BCUT2D eigenvalue weighted by Crippen LogP contribution is 2.13. The average molecular weight is 214 g/mol. The number of hydrogen-bond acceptors (Lipinski definition) is 4. The van der Waals surface area contributed by atoms with Gasteiger partial charge in [-0.1, -0.05) is 0 Å². The predicted octanol–water partition coefficient (Wildman–Crippen LogP) is 0.703. The Kier molecular flexibility index (Phi) is 2.56. The highest BCUT2D eigenvalue weighted by molar-refractivity contribution is 7.71. The Balaban J connectivity index is 2.22. The van der Waals surface area contributed by atoms with Gasteiger partial charge in [-0.25, -0.2) is 5.10 Å². The molecule has 1 aliphatic heterocycles. The van der Waals surface area contributed by atoms with Gasteiger partial charge in [-0.2, -0.15) is 0 Å². The quantitative estimate of drug-likeness (QED) is 0.699. The molecule has 1 atom stereocenters. The number of anilines is 1. The number of H-pyrrole nitrogens is 1. The Labute approximate surface area is 87.7 Å². The van der Waals surface area contributed by atoms with Gasteiger partial charge in [0.1, 0.15) is 0 Å². The van der Waals surface area contributed by atoms with E-state index in [1.807, 2.05) is 11.6 Å². The first kappa shape index (κ1) is 9.67. The van der Waals surface area contributed by atoms with Crippen molar-refractivity contribution in [2.75, 3.05) is 24.6 Å². The van der Waals surface area contributed by atoms with E-state index in [4.69, 9.17) is 17.0 Å². The first-order chi connectivity index (χ1) is 6.68. The lowest BCUT2D eigenvalue weighted by Gasteiger charge is -2.31. The van der Waals surface area contributed by atoms with E-state index in [1.165, 1.54) is 0 Å². The molecule has 0 amide bonds. The second-order valence-corrected chi connectivity index (χ2v) is 3.90. The molecule has 0 radical (unpaired) electrons. The van der Waals surface area contributed by atoms with Crippen molar-refractivity contribution >= 4 is 18.2 Å². The number of nitrogens with one attached hydrogen (secondary N) is 1. The molecule has 2 heterocycles. The molecule has 0 aliphatic carbocycles. The van der Waals surface area contributed by atoms with E-state index < -0.39 is 0 Å². The maximum Gasteiger partial charge on any atom is 0.225 e. The van der Waals surface area contributed by atoms with Gasteiger partial charge in [0, 0.05) is 20.1 Å². The van der Waals surface area contributed by atoms with Crippen LogP contribution in [0.1, 0.15) is 6.92 Å². The van der Waals surface area contributed by atoms with Gasteiger partial charge in [0.2, 0.25) is 5.95 Å². The lowest BCUT2D eigenvalue weighted by atomic mass is 10.3. The van der Waals surface area contributed by atoms with Crippen LogP contribution in [-0.4, -0.2) is 40.6 Å². The van der Waals surface area contributed by atoms with Crippen LogP contribution in [0.2, 0.25) is 0 Å². The van der Waals surface area contributed by atoms with Gasteiger partial charge >= 0.3 is 0 Å². The van der Waals surface area contributed by atoms with Gasteiger partial charge in [-0.3, -0.25) is 4.57 Å². The number of aromatic amines is 1.